The van der Waals surface area contributed by atoms with Gasteiger partial charge in [-0.3, -0.25) is 0 Å². The highest BCUT2D eigenvalue weighted by molar-refractivity contribution is 9.10. The molecule has 0 saturated carbocycles. The molecule has 2 nitrogen and oxygen atoms in total. The summed E-state index contributed by atoms with van der Waals surface area (Å²) in [5.74, 6) is 3.38. The van der Waals surface area contributed by atoms with E-state index in [4.69, 9.17) is 11.2 Å². The van der Waals surface area contributed by atoms with Crippen LogP contribution in [0, 0.1) is 19.3 Å². The molecule has 1 aromatic carbocycles. The molecule has 0 aliphatic carbocycles. The summed E-state index contributed by atoms with van der Waals surface area (Å²) in [7, 11) is 0. The van der Waals surface area contributed by atoms with Crippen molar-refractivity contribution in [2.45, 2.75) is 20.4 Å². The van der Waals surface area contributed by atoms with Crippen LogP contribution in [0.4, 0.5) is 0 Å². The highest BCUT2D eigenvalue weighted by atomic mass is 79.9. The number of hydrogen-bond acceptors (Lipinski definition) is 2. The van der Waals surface area contributed by atoms with E-state index in [1.807, 2.05) is 13.0 Å². The van der Waals surface area contributed by atoms with E-state index in [1.54, 1.807) is 0 Å². The third kappa shape index (κ3) is 3.55. The van der Waals surface area contributed by atoms with Crippen molar-refractivity contribution in [2.24, 2.45) is 0 Å². The van der Waals surface area contributed by atoms with Gasteiger partial charge in [0.25, 0.3) is 0 Å². The van der Waals surface area contributed by atoms with Crippen LogP contribution in [0.3, 0.4) is 0 Å². The first-order valence-electron chi connectivity index (χ1n) is 5.25. The van der Waals surface area contributed by atoms with E-state index in [2.05, 4.69) is 40.2 Å². The number of hydrogen-bond donors (Lipinski definition) is 1. The molecular weight excluding hydrogens is 266 g/mol. The molecule has 0 atom stereocenters. The predicted molar refractivity (Wildman–Crippen MR) is 70.6 cm³/mol. The lowest BCUT2D eigenvalue weighted by Crippen LogP contribution is -2.13. The monoisotopic (exact) mass is 281 g/mol. The number of terminal acetylenes is 1. The Morgan fingerprint density at radius 2 is 2.25 bits per heavy atom. The minimum atomic E-state index is 0.307. The Balaban J connectivity index is 2.96. The minimum Gasteiger partial charge on any atom is -0.480 e. The van der Waals surface area contributed by atoms with Crippen molar-refractivity contribution in [3.63, 3.8) is 0 Å². The maximum absolute atomic E-state index is 5.57. The summed E-state index contributed by atoms with van der Waals surface area (Å²) in [5, 5.41) is 3.28. The smallest absolute Gasteiger partial charge is 0.148 e. The highest BCUT2D eigenvalue weighted by Gasteiger charge is 2.08. The van der Waals surface area contributed by atoms with E-state index in [0.29, 0.717) is 6.61 Å². The molecule has 0 bridgehead atoms. The predicted octanol–water partition coefficient (Wildman–Crippen LogP) is 2.88. The molecule has 0 heterocycles. The van der Waals surface area contributed by atoms with Gasteiger partial charge in [-0.05, 0) is 31.2 Å². The molecule has 16 heavy (non-hydrogen) atoms. The minimum absolute atomic E-state index is 0.307. The molecule has 0 unspecified atom stereocenters. The summed E-state index contributed by atoms with van der Waals surface area (Å²) >= 11 is 3.48. The van der Waals surface area contributed by atoms with Gasteiger partial charge < -0.3 is 10.1 Å². The number of halogens is 1. The molecule has 0 aliphatic heterocycles. The average Bonchev–Trinajstić information content (AvgIpc) is 2.24. The topological polar surface area (TPSA) is 21.3 Å². The average molecular weight is 282 g/mol. The lowest BCUT2D eigenvalue weighted by molar-refractivity contribution is 0.362. The van der Waals surface area contributed by atoms with Gasteiger partial charge in [0, 0.05) is 16.6 Å². The van der Waals surface area contributed by atoms with Crippen LogP contribution in [0.2, 0.25) is 0 Å². The first-order valence-corrected chi connectivity index (χ1v) is 6.04. The van der Waals surface area contributed by atoms with Gasteiger partial charge >= 0.3 is 0 Å². The summed E-state index contributed by atoms with van der Waals surface area (Å²) in [6.45, 7) is 6.12. The van der Waals surface area contributed by atoms with Gasteiger partial charge in [0.05, 0.1) is 0 Å². The van der Waals surface area contributed by atoms with E-state index in [0.717, 1.165) is 34.4 Å². The Bertz CT molecular complexity index is 396. The molecule has 1 N–H and O–H groups in total. The van der Waals surface area contributed by atoms with Crippen LogP contribution in [-0.4, -0.2) is 13.2 Å². The number of rotatable bonds is 5. The summed E-state index contributed by atoms with van der Waals surface area (Å²) < 4.78 is 6.63. The van der Waals surface area contributed by atoms with Gasteiger partial charge in [0.2, 0.25) is 0 Å². The van der Waals surface area contributed by atoms with Gasteiger partial charge in [-0.1, -0.05) is 28.8 Å². The van der Waals surface area contributed by atoms with Crippen LogP contribution in [0.1, 0.15) is 18.1 Å². The van der Waals surface area contributed by atoms with Gasteiger partial charge in [-0.2, -0.15) is 0 Å². The van der Waals surface area contributed by atoms with Gasteiger partial charge in [-0.15, -0.1) is 6.42 Å². The Hall–Kier alpha value is -0.980. The Morgan fingerprint density at radius 3 is 2.88 bits per heavy atom. The third-order valence-electron chi connectivity index (χ3n) is 2.18. The number of aryl methyl sites for hydroxylation is 1. The summed E-state index contributed by atoms with van der Waals surface area (Å²) in [5.41, 5.74) is 2.22. The molecule has 86 valence electrons. The highest BCUT2D eigenvalue weighted by Crippen LogP contribution is 2.28. The maximum atomic E-state index is 5.57. The second-order valence-electron chi connectivity index (χ2n) is 3.48. The maximum Gasteiger partial charge on any atom is 0.148 e. The molecule has 0 amide bonds. The quantitative estimate of drug-likeness (QED) is 0.838. The SMILES string of the molecule is C#CCOc1c(C)cc(Br)cc1CNCC. The zero-order valence-electron chi connectivity index (χ0n) is 9.64. The normalized spacial score (nSPS) is 9.88. The first-order chi connectivity index (χ1) is 7.69. The fourth-order valence-corrected chi connectivity index (χ4v) is 2.13. The fourth-order valence-electron chi connectivity index (χ4n) is 1.51. The van der Waals surface area contributed by atoms with E-state index >= 15 is 0 Å². The first kappa shape index (κ1) is 13.1. The van der Waals surface area contributed by atoms with Gasteiger partial charge in [0.15, 0.2) is 0 Å². The lowest BCUT2D eigenvalue weighted by Gasteiger charge is -2.13. The molecule has 0 aliphatic rings. The Morgan fingerprint density at radius 1 is 1.50 bits per heavy atom. The molecule has 0 saturated heterocycles. The van der Waals surface area contributed by atoms with Crippen molar-refractivity contribution < 1.29 is 4.74 Å². The van der Waals surface area contributed by atoms with Gasteiger partial charge in [-0.25, -0.2) is 0 Å². The van der Waals surface area contributed by atoms with Crippen LogP contribution in [0.5, 0.6) is 5.75 Å². The van der Waals surface area contributed by atoms with Crippen molar-refractivity contribution >= 4 is 15.9 Å². The van der Waals surface area contributed by atoms with E-state index < -0.39 is 0 Å². The zero-order chi connectivity index (χ0) is 12.0. The van der Waals surface area contributed by atoms with E-state index in [1.165, 1.54) is 0 Å². The summed E-state index contributed by atoms with van der Waals surface area (Å²) in [4.78, 5) is 0. The molecule has 0 radical (unpaired) electrons. The van der Waals surface area contributed by atoms with Crippen molar-refractivity contribution in [3.05, 3.63) is 27.7 Å². The second-order valence-corrected chi connectivity index (χ2v) is 4.40. The molecule has 0 spiro atoms. The molecule has 1 rings (SSSR count). The van der Waals surface area contributed by atoms with Crippen molar-refractivity contribution in [1.82, 2.24) is 5.32 Å². The molecule has 0 fully saturated rings. The van der Waals surface area contributed by atoms with Crippen LogP contribution < -0.4 is 10.1 Å². The third-order valence-corrected chi connectivity index (χ3v) is 2.64. The second kappa shape index (κ2) is 6.57. The Kier molecular flexibility index (Phi) is 5.37. The number of nitrogens with one attached hydrogen (secondary N) is 1. The zero-order valence-corrected chi connectivity index (χ0v) is 11.2. The largest absolute Gasteiger partial charge is 0.480 e. The lowest BCUT2D eigenvalue weighted by atomic mass is 10.1. The Labute approximate surface area is 106 Å². The van der Waals surface area contributed by atoms with Crippen molar-refractivity contribution in [2.75, 3.05) is 13.2 Å². The van der Waals surface area contributed by atoms with Crippen LogP contribution in [0.25, 0.3) is 0 Å². The van der Waals surface area contributed by atoms with E-state index in [9.17, 15) is 0 Å². The standard InChI is InChI=1S/C13H16BrNO/c1-4-6-16-13-10(3)7-12(14)8-11(13)9-15-5-2/h1,7-8,15H,5-6,9H2,2-3H3. The summed E-state index contributed by atoms with van der Waals surface area (Å²) in [6.07, 6.45) is 5.21. The number of benzene rings is 1. The van der Waals surface area contributed by atoms with Gasteiger partial charge in [0.1, 0.15) is 12.4 Å². The number of ether oxygens (including phenoxy) is 1. The molecule has 1 aromatic rings. The van der Waals surface area contributed by atoms with Crippen LogP contribution >= 0.6 is 15.9 Å². The van der Waals surface area contributed by atoms with Crippen LogP contribution in [0.15, 0.2) is 16.6 Å². The van der Waals surface area contributed by atoms with Crippen molar-refractivity contribution in [1.29, 1.82) is 0 Å². The summed E-state index contributed by atoms with van der Waals surface area (Å²) in [6, 6.07) is 4.09. The van der Waals surface area contributed by atoms with Crippen molar-refractivity contribution in [3.8, 4) is 18.1 Å². The van der Waals surface area contributed by atoms with Crippen LogP contribution in [-0.2, 0) is 6.54 Å². The molecular formula is C13H16BrNO. The fraction of sp³-hybridized carbons (Fsp3) is 0.385. The van der Waals surface area contributed by atoms with E-state index in [-0.39, 0.29) is 0 Å². The molecule has 3 heteroatoms. The molecule has 0 aromatic heterocycles.